The topological polar surface area (TPSA) is 69.5 Å². The monoisotopic (exact) mass is 333 g/mol. The molecule has 0 unspecified atom stereocenters. The highest BCUT2D eigenvalue weighted by Crippen LogP contribution is 2.19. The fraction of sp³-hybridized carbons (Fsp3) is 0.105. The predicted molar refractivity (Wildman–Crippen MR) is 98.8 cm³/mol. The van der Waals surface area contributed by atoms with E-state index in [1.54, 1.807) is 30.0 Å². The Hall–Kier alpha value is -2.84. The minimum absolute atomic E-state index is 0.238. The Balaban J connectivity index is 2.09. The van der Waals surface area contributed by atoms with E-state index in [0.29, 0.717) is 16.5 Å². The van der Waals surface area contributed by atoms with Crippen LogP contribution in [0.3, 0.4) is 0 Å². The molecule has 1 N–H and O–H groups in total. The molecule has 0 bridgehead atoms. The van der Waals surface area contributed by atoms with Crippen LogP contribution in [-0.2, 0) is 0 Å². The van der Waals surface area contributed by atoms with Gasteiger partial charge in [0.1, 0.15) is 6.07 Å². The lowest BCUT2D eigenvalue weighted by atomic mass is 10.1. The van der Waals surface area contributed by atoms with Crippen molar-refractivity contribution in [1.29, 1.82) is 5.26 Å². The quantitative estimate of drug-likeness (QED) is 0.580. The Bertz CT molecular complexity index is 1030. The maximum atomic E-state index is 12.3. The van der Waals surface area contributed by atoms with Crippen LogP contribution in [0.1, 0.15) is 17.0 Å². The molecule has 0 radical (unpaired) electrons. The molecule has 118 valence electrons. The number of rotatable bonds is 3. The molecular weight excluding hydrogens is 318 g/mol. The van der Waals surface area contributed by atoms with Crippen LogP contribution in [0.5, 0.6) is 0 Å². The van der Waals surface area contributed by atoms with Crippen molar-refractivity contribution in [3.8, 4) is 6.07 Å². The largest absolute Gasteiger partial charge is 0.305 e. The number of aromatic amines is 1. The third kappa shape index (κ3) is 3.24. The molecule has 0 aliphatic carbocycles. The molecule has 4 nitrogen and oxygen atoms in total. The van der Waals surface area contributed by atoms with Gasteiger partial charge in [-0.25, -0.2) is 4.98 Å². The molecule has 24 heavy (non-hydrogen) atoms. The maximum Gasteiger partial charge on any atom is 0.259 e. The molecular formula is C19H15N3OS. The zero-order valence-electron chi connectivity index (χ0n) is 13.3. The van der Waals surface area contributed by atoms with Crippen LogP contribution in [0.4, 0.5) is 0 Å². The van der Waals surface area contributed by atoms with E-state index in [9.17, 15) is 10.1 Å². The van der Waals surface area contributed by atoms with E-state index in [4.69, 9.17) is 0 Å². The molecule has 0 fully saturated rings. The van der Waals surface area contributed by atoms with Crippen molar-refractivity contribution in [1.82, 2.24) is 9.97 Å². The van der Waals surface area contributed by atoms with Crippen LogP contribution >= 0.6 is 11.8 Å². The van der Waals surface area contributed by atoms with Crippen molar-refractivity contribution in [3.63, 3.8) is 0 Å². The van der Waals surface area contributed by atoms with E-state index >= 15 is 0 Å². The number of allylic oxidation sites excluding steroid dienone is 1. The molecule has 3 rings (SSSR count). The maximum absolute atomic E-state index is 12.3. The van der Waals surface area contributed by atoms with Gasteiger partial charge in [-0.3, -0.25) is 4.79 Å². The molecule has 1 aromatic heterocycles. The Morgan fingerprint density at radius 1 is 1.25 bits per heavy atom. The standard InChI is InChI=1S/C19H15N3OS/c1-12-3-8-17-16(9-12)19(23)22-18(21-17)14(11-20)10-13-4-6-15(24-2)7-5-13/h3-10H,1-2H3,(H,21,22,23). The second-order valence-corrected chi connectivity index (χ2v) is 6.26. The van der Waals surface area contributed by atoms with Crippen LogP contribution in [-0.4, -0.2) is 16.2 Å². The lowest BCUT2D eigenvalue weighted by Gasteiger charge is -2.03. The fourth-order valence-electron chi connectivity index (χ4n) is 2.40. The molecule has 0 spiro atoms. The highest BCUT2D eigenvalue weighted by Gasteiger charge is 2.08. The number of nitriles is 1. The summed E-state index contributed by atoms with van der Waals surface area (Å²) in [6.45, 7) is 1.92. The van der Waals surface area contributed by atoms with Gasteiger partial charge in [0.05, 0.1) is 16.5 Å². The summed E-state index contributed by atoms with van der Waals surface area (Å²) in [6.07, 6.45) is 3.74. The summed E-state index contributed by atoms with van der Waals surface area (Å²) < 4.78 is 0. The van der Waals surface area contributed by atoms with Gasteiger partial charge in [-0.1, -0.05) is 23.8 Å². The zero-order chi connectivity index (χ0) is 17.1. The number of hydrogen-bond acceptors (Lipinski definition) is 4. The van der Waals surface area contributed by atoms with Crippen LogP contribution < -0.4 is 5.56 Å². The number of aromatic nitrogens is 2. The minimum atomic E-state index is -0.238. The van der Waals surface area contributed by atoms with Gasteiger partial charge in [0.25, 0.3) is 5.56 Å². The molecule has 0 saturated carbocycles. The summed E-state index contributed by atoms with van der Waals surface area (Å²) in [4.78, 5) is 20.6. The smallest absolute Gasteiger partial charge is 0.259 e. The summed E-state index contributed by atoms with van der Waals surface area (Å²) >= 11 is 1.66. The average Bonchev–Trinajstić information content (AvgIpc) is 2.60. The first-order valence-corrected chi connectivity index (χ1v) is 8.60. The summed E-state index contributed by atoms with van der Waals surface area (Å²) in [5.74, 6) is 0.285. The van der Waals surface area contributed by atoms with Crippen LogP contribution in [0.15, 0.2) is 52.2 Å². The van der Waals surface area contributed by atoms with Crippen LogP contribution in [0.25, 0.3) is 22.6 Å². The van der Waals surface area contributed by atoms with Gasteiger partial charge < -0.3 is 4.98 Å². The molecule has 0 amide bonds. The number of aryl methyl sites for hydroxylation is 1. The van der Waals surface area contributed by atoms with Gasteiger partial charge in [-0.2, -0.15) is 5.26 Å². The van der Waals surface area contributed by atoms with Crippen molar-refractivity contribution in [2.24, 2.45) is 0 Å². The number of thioether (sulfide) groups is 1. The van der Waals surface area contributed by atoms with Gasteiger partial charge in [0.15, 0.2) is 5.82 Å². The SMILES string of the molecule is CSc1ccc(C=C(C#N)c2nc3ccc(C)cc3c(=O)[nH]2)cc1. The van der Waals surface area contributed by atoms with Crippen molar-refractivity contribution in [2.75, 3.05) is 6.26 Å². The Labute approximate surface area is 143 Å². The van der Waals surface area contributed by atoms with Gasteiger partial charge >= 0.3 is 0 Å². The van der Waals surface area contributed by atoms with Crippen molar-refractivity contribution < 1.29 is 0 Å². The average molecular weight is 333 g/mol. The van der Waals surface area contributed by atoms with E-state index < -0.39 is 0 Å². The van der Waals surface area contributed by atoms with Crippen LogP contribution in [0.2, 0.25) is 0 Å². The molecule has 3 aromatic rings. The first kappa shape index (κ1) is 16.0. The van der Waals surface area contributed by atoms with Gasteiger partial charge in [-0.05, 0) is 49.1 Å². The normalized spacial score (nSPS) is 11.5. The number of H-pyrrole nitrogens is 1. The van der Waals surface area contributed by atoms with Gasteiger partial charge in [-0.15, -0.1) is 11.8 Å². The molecule has 2 aromatic carbocycles. The van der Waals surface area contributed by atoms with Crippen LogP contribution in [0, 0.1) is 18.3 Å². The number of benzene rings is 2. The Morgan fingerprint density at radius 3 is 2.67 bits per heavy atom. The van der Waals surface area contributed by atoms with E-state index in [-0.39, 0.29) is 11.4 Å². The summed E-state index contributed by atoms with van der Waals surface area (Å²) in [5.41, 5.74) is 2.55. The molecule has 1 heterocycles. The number of fused-ring (bicyclic) bond motifs is 1. The van der Waals surface area contributed by atoms with E-state index in [0.717, 1.165) is 16.0 Å². The summed E-state index contributed by atoms with van der Waals surface area (Å²) in [5, 5.41) is 9.99. The number of nitrogens with zero attached hydrogens (tertiary/aromatic N) is 2. The first-order valence-electron chi connectivity index (χ1n) is 7.37. The van der Waals surface area contributed by atoms with Gasteiger partial charge in [0.2, 0.25) is 0 Å². The first-order chi connectivity index (χ1) is 11.6. The highest BCUT2D eigenvalue weighted by molar-refractivity contribution is 7.98. The summed E-state index contributed by atoms with van der Waals surface area (Å²) in [6, 6.07) is 15.5. The Morgan fingerprint density at radius 2 is 2.00 bits per heavy atom. The van der Waals surface area contributed by atoms with Crippen molar-refractivity contribution in [3.05, 3.63) is 69.8 Å². The molecule has 0 aliphatic rings. The molecule has 0 aliphatic heterocycles. The Kier molecular flexibility index (Phi) is 4.50. The summed E-state index contributed by atoms with van der Waals surface area (Å²) in [7, 11) is 0. The second kappa shape index (κ2) is 6.73. The predicted octanol–water partition coefficient (Wildman–Crippen LogP) is 4.02. The van der Waals surface area contributed by atoms with Gasteiger partial charge in [0, 0.05) is 4.90 Å². The highest BCUT2D eigenvalue weighted by atomic mass is 32.2. The fourth-order valence-corrected chi connectivity index (χ4v) is 2.81. The lowest BCUT2D eigenvalue weighted by Crippen LogP contribution is -2.11. The van der Waals surface area contributed by atoms with E-state index in [1.807, 2.05) is 43.5 Å². The van der Waals surface area contributed by atoms with Crippen molar-refractivity contribution in [2.45, 2.75) is 11.8 Å². The van der Waals surface area contributed by atoms with Crippen molar-refractivity contribution >= 4 is 34.3 Å². The van der Waals surface area contributed by atoms with E-state index in [1.165, 1.54) is 0 Å². The number of nitrogens with one attached hydrogen (secondary N) is 1. The molecule has 0 atom stereocenters. The minimum Gasteiger partial charge on any atom is -0.305 e. The second-order valence-electron chi connectivity index (χ2n) is 5.38. The third-order valence-electron chi connectivity index (χ3n) is 3.66. The van der Waals surface area contributed by atoms with E-state index in [2.05, 4.69) is 16.0 Å². The third-order valence-corrected chi connectivity index (χ3v) is 4.41. The lowest BCUT2D eigenvalue weighted by molar-refractivity contribution is 1.13. The number of hydrogen-bond donors (Lipinski definition) is 1. The zero-order valence-corrected chi connectivity index (χ0v) is 14.1. The molecule has 5 heteroatoms. The molecule has 0 saturated heterocycles.